The minimum Gasteiger partial charge on any atom is -0.489 e. The van der Waals surface area contributed by atoms with Crippen LogP contribution >= 0.6 is 11.3 Å². The molecule has 2 rings (SSSR count). The van der Waals surface area contributed by atoms with Gasteiger partial charge in [-0.1, -0.05) is 12.1 Å². The van der Waals surface area contributed by atoms with Gasteiger partial charge < -0.3 is 9.64 Å². The van der Waals surface area contributed by atoms with Gasteiger partial charge in [-0.3, -0.25) is 14.9 Å². The monoisotopic (exact) mass is 338 g/mol. The molecule has 0 spiro atoms. The fraction of sp³-hybridized carbons (Fsp3) is 0.267. The number of nitro groups is 1. The van der Waals surface area contributed by atoms with Crippen molar-refractivity contribution in [2.24, 2.45) is 0 Å². The Labute approximate surface area is 136 Å². The summed E-state index contributed by atoms with van der Waals surface area (Å²) in [4.78, 5) is 24.7. The van der Waals surface area contributed by atoms with Crippen molar-refractivity contribution in [1.29, 1.82) is 0 Å². The van der Waals surface area contributed by atoms with E-state index in [-0.39, 0.29) is 30.5 Å². The molecule has 1 aromatic carbocycles. The van der Waals surface area contributed by atoms with E-state index in [9.17, 15) is 19.3 Å². The van der Waals surface area contributed by atoms with Gasteiger partial charge in [0.2, 0.25) is 0 Å². The molecule has 0 atom stereocenters. The second-order valence-electron chi connectivity index (χ2n) is 4.81. The second kappa shape index (κ2) is 7.19. The Balaban J connectivity index is 1.94. The Morgan fingerprint density at radius 2 is 2.13 bits per heavy atom. The van der Waals surface area contributed by atoms with Crippen LogP contribution in [0.4, 0.5) is 10.1 Å². The Hall–Kier alpha value is -2.48. The third kappa shape index (κ3) is 4.04. The number of aryl methyl sites for hydroxylation is 1. The maximum absolute atomic E-state index is 13.4. The van der Waals surface area contributed by atoms with Crippen molar-refractivity contribution in [2.45, 2.75) is 6.92 Å². The number of benzene rings is 1. The van der Waals surface area contributed by atoms with E-state index in [0.717, 1.165) is 11.3 Å². The third-order valence-electron chi connectivity index (χ3n) is 3.17. The standard InChI is InChI=1S/C15H15FN2O4S/c1-10-12(18(20)21)9-14(23-10)15(19)17(2)7-8-22-13-6-4-3-5-11(13)16/h3-6,9H,7-8H2,1-2H3. The van der Waals surface area contributed by atoms with Gasteiger partial charge in [-0.25, -0.2) is 4.39 Å². The summed E-state index contributed by atoms with van der Waals surface area (Å²) in [6, 6.07) is 7.28. The summed E-state index contributed by atoms with van der Waals surface area (Å²) in [6.07, 6.45) is 0. The fourth-order valence-electron chi connectivity index (χ4n) is 1.90. The highest BCUT2D eigenvalue weighted by Gasteiger charge is 2.21. The number of carbonyl (C=O) groups is 1. The van der Waals surface area contributed by atoms with Crippen LogP contribution in [0.25, 0.3) is 0 Å². The number of para-hydroxylation sites is 1. The Morgan fingerprint density at radius 1 is 1.43 bits per heavy atom. The number of carbonyl (C=O) groups excluding carboxylic acids is 1. The van der Waals surface area contributed by atoms with Crippen LogP contribution in [0.1, 0.15) is 14.5 Å². The van der Waals surface area contributed by atoms with Gasteiger partial charge in [-0.05, 0) is 19.1 Å². The summed E-state index contributed by atoms with van der Waals surface area (Å²) >= 11 is 1.08. The van der Waals surface area contributed by atoms with Crippen LogP contribution in [-0.2, 0) is 0 Å². The molecule has 1 aromatic heterocycles. The summed E-state index contributed by atoms with van der Waals surface area (Å²) in [5.41, 5.74) is -0.0608. The van der Waals surface area contributed by atoms with Gasteiger partial charge in [0.15, 0.2) is 11.6 Å². The van der Waals surface area contributed by atoms with E-state index in [0.29, 0.717) is 9.75 Å². The molecule has 0 aliphatic heterocycles. The van der Waals surface area contributed by atoms with Crippen molar-refractivity contribution in [3.8, 4) is 5.75 Å². The molecule has 0 aliphatic rings. The van der Waals surface area contributed by atoms with Crippen molar-refractivity contribution in [3.05, 3.63) is 56.0 Å². The molecule has 23 heavy (non-hydrogen) atoms. The molecule has 0 unspecified atom stereocenters. The number of rotatable bonds is 6. The van der Waals surface area contributed by atoms with E-state index < -0.39 is 10.7 Å². The molecule has 0 bridgehead atoms. The molecule has 0 fully saturated rings. The highest BCUT2D eigenvalue weighted by atomic mass is 32.1. The lowest BCUT2D eigenvalue weighted by Gasteiger charge is -2.16. The summed E-state index contributed by atoms with van der Waals surface area (Å²) < 4.78 is 18.7. The van der Waals surface area contributed by atoms with Crippen molar-refractivity contribution in [1.82, 2.24) is 4.90 Å². The number of nitrogens with zero attached hydrogens (tertiary/aromatic N) is 2. The maximum Gasteiger partial charge on any atom is 0.283 e. The van der Waals surface area contributed by atoms with Crippen molar-refractivity contribution in [3.63, 3.8) is 0 Å². The van der Waals surface area contributed by atoms with E-state index >= 15 is 0 Å². The van der Waals surface area contributed by atoms with E-state index in [1.165, 1.54) is 23.1 Å². The number of hydrogen-bond acceptors (Lipinski definition) is 5. The quantitative estimate of drug-likeness (QED) is 0.599. The highest BCUT2D eigenvalue weighted by Crippen LogP contribution is 2.28. The van der Waals surface area contributed by atoms with Gasteiger partial charge in [0, 0.05) is 13.1 Å². The molecule has 122 valence electrons. The van der Waals surface area contributed by atoms with Gasteiger partial charge >= 0.3 is 0 Å². The minimum atomic E-state index is -0.510. The lowest BCUT2D eigenvalue weighted by atomic mass is 10.3. The number of hydrogen-bond donors (Lipinski definition) is 0. The first-order valence-electron chi connectivity index (χ1n) is 6.77. The molecule has 0 N–H and O–H groups in total. The molecule has 6 nitrogen and oxygen atoms in total. The maximum atomic E-state index is 13.4. The Bertz CT molecular complexity index is 732. The number of ether oxygens (including phenoxy) is 1. The molecular weight excluding hydrogens is 323 g/mol. The average molecular weight is 338 g/mol. The predicted molar refractivity (Wildman–Crippen MR) is 84.6 cm³/mol. The van der Waals surface area contributed by atoms with E-state index in [1.54, 1.807) is 26.1 Å². The number of likely N-dealkylation sites (N-methyl/N-ethyl adjacent to an activating group) is 1. The van der Waals surface area contributed by atoms with E-state index in [2.05, 4.69) is 0 Å². The van der Waals surface area contributed by atoms with Crippen LogP contribution < -0.4 is 4.74 Å². The Morgan fingerprint density at radius 3 is 2.74 bits per heavy atom. The van der Waals surface area contributed by atoms with Gasteiger partial charge in [-0.2, -0.15) is 0 Å². The predicted octanol–water partition coefficient (Wildman–Crippen LogP) is 3.25. The van der Waals surface area contributed by atoms with Crippen LogP contribution in [0.5, 0.6) is 5.75 Å². The Kier molecular flexibility index (Phi) is 5.28. The van der Waals surface area contributed by atoms with Crippen molar-refractivity contribution >= 4 is 22.9 Å². The van der Waals surface area contributed by atoms with Crippen LogP contribution in [0, 0.1) is 22.9 Å². The lowest BCUT2D eigenvalue weighted by Crippen LogP contribution is -2.30. The molecule has 0 radical (unpaired) electrons. The minimum absolute atomic E-state index is 0.0608. The zero-order chi connectivity index (χ0) is 17.0. The molecule has 0 aliphatic carbocycles. The molecule has 0 saturated carbocycles. The summed E-state index contributed by atoms with van der Waals surface area (Å²) in [5.74, 6) is -0.676. The molecule has 1 amide bonds. The first kappa shape index (κ1) is 16.9. The molecule has 1 heterocycles. The number of thiophene rings is 1. The number of halogens is 1. The smallest absolute Gasteiger partial charge is 0.283 e. The van der Waals surface area contributed by atoms with Crippen LogP contribution in [0.3, 0.4) is 0 Å². The van der Waals surface area contributed by atoms with Crippen LogP contribution in [0.15, 0.2) is 30.3 Å². The number of amides is 1. The van der Waals surface area contributed by atoms with Crippen molar-refractivity contribution < 1.29 is 18.8 Å². The van der Waals surface area contributed by atoms with Crippen LogP contribution in [-0.4, -0.2) is 35.9 Å². The zero-order valence-corrected chi connectivity index (χ0v) is 13.4. The average Bonchev–Trinajstić information content (AvgIpc) is 2.90. The summed E-state index contributed by atoms with van der Waals surface area (Å²) in [5, 5.41) is 10.8. The fourth-order valence-corrected chi connectivity index (χ4v) is 2.88. The van der Waals surface area contributed by atoms with Gasteiger partial charge in [0.1, 0.15) is 6.61 Å². The molecular formula is C15H15FN2O4S. The second-order valence-corrected chi connectivity index (χ2v) is 6.07. The first-order chi connectivity index (χ1) is 10.9. The third-order valence-corrected chi connectivity index (χ3v) is 4.19. The molecule has 0 saturated heterocycles. The lowest BCUT2D eigenvalue weighted by molar-refractivity contribution is -0.385. The highest BCUT2D eigenvalue weighted by molar-refractivity contribution is 7.14. The van der Waals surface area contributed by atoms with Crippen molar-refractivity contribution in [2.75, 3.05) is 20.2 Å². The normalized spacial score (nSPS) is 10.4. The summed E-state index contributed by atoms with van der Waals surface area (Å²) in [7, 11) is 1.56. The van der Waals surface area contributed by atoms with Gasteiger partial charge in [-0.15, -0.1) is 11.3 Å². The first-order valence-corrected chi connectivity index (χ1v) is 7.59. The SMILES string of the molecule is Cc1sc(C(=O)N(C)CCOc2ccccc2F)cc1[N+](=O)[O-]. The topological polar surface area (TPSA) is 72.7 Å². The zero-order valence-electron chi connectivity index (χ0n) is 12.6. The van der Waals surface area contributed by atoms with E-state index in [1.807, 2.05) is 0 Å². The van der Waals surface area contributed by atoms with E-state index in [4.69, 9.17) is 4.74 Å². The van der Waals surface area contributed by atoms with Crippen LogP contribution in [0.2, 0.25) is 0 Å². The van der Waals surface area contributed by atoms with Gasteiger partial charge in [0.25, 0.3) is 11.6 Å². The molecule has 8 heteroatoms. The largest absolute Gasteiger partial charge is 0.489 e. The molecule has 2 aromatic rings. The summed E-state index contributed by atoms with van der Waals surface area (Å²) in [6.45, 7) is 1.95. The van der Waals surface area contributed by atoms with Gasteiger partial charge in [0.05, 0.1) is 21.2 Å².